The summed E-state index contributed by atoms with van der Waals surface area (Å²) in [7, 11) is 0. The summed E-state index contributed by atoms with van der Waals surface area (Å²) in [6, 6.07) is 16.2. The summed E-state index contributed by atoms with van der Waals surface area (Å²) in [5, 5.41) is 6.19. The fraction of sp³-hybridized carbons (Fsp3) is 0.316. The number of para-hydroxylation sites is 1. The van der Waals surface area contributed by atoms with Crippen molar-refractivity contribution in [1.82, 2.24) is 5.32 Å². The number of anilines is 1. The molecule has 0 radical (unpaired) electrons. The highest BCUT2D eigenvalue weighted by Gasteiger charge is 2.08. The maximum atomic E-state index is 12.1. The molecule has 1 amide bonds. The van der Waals surface area contributed by atoms with Gasteiger partial charge in [-0.2, -0.15) is 0 Å². The second-order valence-electron chi connectivity index (χ2n) is 5.82. The number of nitrogens with one attached hydrogen (secondary N) is 2. The maximum Gasteiger partial charge on any atom is 0.238 e. The lowest BCUT2D eigenvalue weighted by atomic mass is 10.0. The van der Waals surface area contributed by atoms with Crippen molar-refractivity contribution < 1.29 is 4.79 Å². The first-order valence-corrected chi connectivity index (χ1v) is 7.72. The molecule has 0 unspecified atom stereocenters. The van der Waals surface area contributed by atoms with Crippen LogP contribution >= 0.6 is 0 Å². The van der Waals surface area contributed by atoms with Crippen LogP contribution < -0.4 is 10.6 Å². The van der Waals surface area contributed by atoms with Crippen LogP contribution in [0.4, 0.5) is 5.69 Å². The van der Waals surface area contributed by atoms with Crippen LogP contribution in [0.1, 0.15) is 36.5 Å². The van der Waals surface area contributed by atoms with E-state index in [1.807, 2.05) is 30.3 Å². The van der Waals surface area contributed by atoms with Gasteiger partial charge >= 0.3 is 0 Å². The van der Waals surface area contributed by atoms with E-state index in [2.05, 4.69) is 49.6 Å². The van der Waals surface area contributed by atoms with Gasteiger partial charge in [-0.25, -0.2) is 0 Å². The number of hydrogen-bond donors (Lipinski definition) is 2. The molecule has 0 saturated carbocycles. The topological polar surface area (TPSA) is 41.1 Å². The van der Waals surface area contributed by atoms with Gasteiger partial charge in [-0.1, -0.05) is 56.3 Å². The summed E-state index contributed by atoms with van der Waals surface area (Å²) in [6.45, 7) is 7.34. The third kappa shape index (κ3) is 4.43. The second-order valence-corrected chi connectivity index (χ2v) is 5.82. The van der Waals surface area contributed by atoms with E-state index >= 15 is 0 Å². The van der Waals surface area contributed by atoms with Crippen molar-refractivity contribution in [3.8, 4) is 0 Å². The van der Waals surface area contributed by atoms with Crippen molar-refractivity contribution in [2.24, 2.45) is 0 Å². The predicted octanol–water partition coefficient (Wildman–Crippen LogP) is 3.85. The average molecular weight is 296 g/mol. The molecule has 0 saturated heterocycles. The van der Waals surface area contributed by atoms with E-state index in [0.29, 0.717) is 19.0 Å². The van der Waals surface area contributed by atoms with E-state index in [0.717, 1.165) is 11.3 Å². The van der Waals surface area contributed by atoms with Crippen LogP contribution in [0.5, 0.6) is 0 Å². The van der Waals surface area contributed by atoms with Crippen molar-refractivity contribution in [3.05, 3.63) is 65.2 Å². The molecule has 22 heavy (non-hydrogen) atoms. The lowest BCUT2D eigenvalue weighted by Crippen LogP contribution is -2.28. The number of carbonyl (C=O) groups excluding carboxylic acids is 1. The molecule has 3 nitrogen and oxygen atoms in total. The van der Waals surface area contributed by atoms with Crippen LogP contribution in [0.25, 0.3) is 0 Å². The molecule has 3 heteroatoms. The Balaban J connectivity index is 1.88. The van der Waals surface area contributed by atoms with Crippen molar-refractivity contribution in [3.63, 3.8) is 0 Å². The Hall–Kier alpha value is -2.13. The van der Waals surface area contributed by atoms with Gasteiger partial charge in [0, 0.05) is 12.2 Å². The zero-order chi connectivity index (χ0) is 15.9. The van der Waals surface area contributed by atoms with E-state index < -0.39 is 0 Å². The van der Waals surface area contributed by atoms with Gasteiger partial charge in [-0.15, -0.1) is 0 Å². The van der Waals surface area contributed by atoms with Gasteiger partial charge in [0.05, 0.1) is 6.54 Å². The minimum Gasteiger partial charge on any atom is -0.325 e. The van der Waals surface area contributed by atoms with E-state index in [9.17, 15) is 4.79 Å². The number of benzene rings is 2. The molecule has 0 fully saturated rings. The smallest absolute Gasteiger partial charge is 0.238 e. The van der Waals surface area contributed by atoms with Crippen LogP contribution in [0, 0.1) is 6.92 Å². The van der Waals surface area contributed by atoms with Crippen LogP contribution in [0.2, 0.25) is 0 Å². The number of aryl methyl sites for hydroxylation is 1. The summed E-state index contributed by atoms with van der Waals surface area (Å²) >= 11 is 0. The highest BCUT2D eigenvalue weighted by molar-refractivity contribution is 5.93. The van der Waals surface area contributed by atoms with Gasteiger partial charge in [-0.05, 0) is 35.6 Å². The van der Waals surface area contributed by atoms with Gasteiger partial charge < -0.3 is 10.6 Å². The number of hydrogen-bond acceptors (Lipinski definition) is 2. The van der Waals surface area contributed by atoms with Crippen molar-refractivity contribution >= 4 is 11.6 Å². The summed E-state index contributed by atoms with van der Waals surface area (Å²) in [5.74, 6) is 0.373. The fourth-order valence-electron chi connectivity index (χ4n) is 2.43. The second kappa shape index (κ2) is 7.76. The molecule has 2 rings (SSSR count). The van der Waals surface area contributed by atoms with Gasteiger partial charge in [0.15, 0.2) is 0 Å². The molecule has 2 aromatic rings. The molecule has 0 bridgehead atoms. The largest absolute Gasteiger partial charge is 0.325 e. The quantitative estimate of drug-likeness (QED) is 0.850. The SMILES string of the molecule is Cc1ccccc1CNCC(=O)Nc1ccccc1C(C)C. The molecule has 0 heterocycles. The summed E-state index contributed by atoms with van der Waals surface area (Å²) < 4.78 is 0. The average Bonchev–Trinajstić information content (AvgIpc) is 2.49. The Kier molecular flexibility index (Phi) is 5.73. The van der Waals surface area contributed by atoms with Crippen LogP contribution in [0.15, 0.2) is 48.5 Å². The lowest BCUT2D eigenvalue weighted by molar-refractivity contribution is -0.115. The van der Waals surface area contributed by atoms with Crippen LogP contribution in [0.3, 0.4) is 0 Å². The standard InChI is InChI=1S/C19H24N2O/c1-14(2)17-10-6-7-11-18(17)21-19(22)13-20-12-16-9-5-4-8-15(16)3/h4-11,14,20H,12-13H2,1-3H3,(H,21,22). The first-order chi connectivity index (χ1) is 10.6. The maximum absolute atomic E-state index is 12.1. The molecular weight excluding hydrogens is 272 g/mol. The van der Waals surface area contributed by atoms with E-state index in [-0.39, 0.29) is 5.91 Å². The summed E-state index contributed by atoms with van der Waals surface area (Å²) in [4.78, 5) is 12.1. The van der Waals surface area contributed by atoms with Gasteiger partial charge in [-0.3, -0.25) is 4.79 Å². The summed E-state index contributed by atoms with van der Waals surface area (Å²) in [5.41, 5.74) is 4.52. The molecular formula is C19H24N2O. The van der Waals surface area contributed by atoms with Crippen LogP contribution in [-0.4, -0.2) is 12.5 Å². The summed E-state index contributed by atoms with van der Waals surface area (Å²) in [6.07, 6.45) is 0. The highest BCUT2D eigenvalue weighted by atomic mass is 16.1. The Morgan fingerprint density at radius 1 is 1.05 bits per heavy atom. The fourth-order valence-corrected chi connectivity index (χ4v) is 2.43. The molecule has 0 aliphatic rings. The first-order valence-electron chi connectivity index (χ1n) is 7.72. The molecule has 0 aromatic heterocycles. The molecule has 2 aromatic carbocycles. The van der Waals surface area contributed by atoms with Gasteiger partial charge in [0.2, 0.25) is 5.91 Å². The van der Waals surface area contributed by atoms with Crippen LogP contribution in [-0.2, 0) is 11.3 Å². The van der Waals surface area contributed by atoms with E-state index in [4.69, 9.17) is 0 Å². The number of carbonyl (C=O) groups is 1. The normalized spacial score (nSPS) is 10.7. The van der Waals surface area contributed by atoms with Crippen molar-refractivity contribution in [1.29, 1.82) is 0 Å². The Bertz CT molecular complexity index is 635. The third-order valence-corrected chi connectivity index (χ3v) is 3.72. The predicted molar refractivity (Wildman–Crippen MR) is 92.0 cm³/mol. The Morgan fingerprint density at radius 2 is 1.73 bits per heavy atom. The first kappa shape index (κ1) is 16.2. The van der Waals surface area contributed by atoms with E-state index in [1.54, 1.807) is 0 Å². The van der Waals surface area contributed by atoms with Crippen molar-refractivity contribution in [2.45, 2.75) is 33.2 Å². The Labute approximate surface area is 132 Å². The van der Waals surface area contributed by atoms with Gasteiger partial charge in [0.25, 0.3) is 0 Å². The molecule has 0 atom stereocenters. The van der Waals surface area contributed by atoms with Crippen molar-refractivity contribution in [2.75, 3.05) is 11.9 Å². The molecule has 0 aliphatic heterocycles. The molecule has 0 spiro atoms. The zero-order valence-electron chi connectivity index (χ0n) is 13.5. The van der Waals surface area contributed by atoms with E-state index in [1.165, 1.54) is 11.1 Å². The highest BCUT2D eigenvalue weighted by Crippen LogP contribution is 2.23. The lowest BCUT2D eigenvalue weighted by Gasteiger charge is -2.14. The third-order valence-electron chi connectivity index (χ3n) is 3.72. The van der Waals surface area contributed by atoms with Gasteiger partial charge in [0.1, 0.15) is 0 Å². The Morgan fingerprint density at radius 3 is 2.45 bits per heavy atom. The minimum atomic E-state index is -0.0123. The number of amides is 1. The number of rotatable bonds is 6. The monoisotopic (exact) mass is 296 g/mol. The molecule has 0 aliphatic carbocycles. The zero-order valence-corrected chi connectivity index (χ0v) is 13.5. The molecule has 2 N–H and O–H groups in total. The molecule has 116 valence electrons. The minimum absolute atomic E-state index is 0.0123.